The Bertz CT molecular complexity index is 1100. The second-order valence-electron chi connectivity index (χ2n) is 10.7. The van der Waals surface area contributed by atoms with Gasteiger partial charge in [-0.05, 0) is 66.2 Å². The van der Waals surface area contributed by atoms with Crippen LogP contribution in [0.5, 0.6) is 11.5 Å². The van der Waals surface area contributed by atoms with Crippen molar-refractivity contribution in [3.8, 4) is 11.5 Å². The Morgan fingerprint density at radius 3 is 2.44 bits per heavy atom. The summed E-state index contributed by atoms with van der Waals surface area (Å²) in [5.74, 6) is -0.0887. The molecule has 32 heavy (non-hydrogen) atoms. The molecular formula is C26H29NO5. The molecule has 0 aromatic heterocycles. The van der Waals surface area contributed by atoms with E-state index in [9.17, 15) is 20.1 Å². The van der Waals surface area contributed by atoms with Crippen LogP contribution < -0.4 is 10.1 Å². The molecule has 0 saturated heterocycles. The number of nitrogens with one attached hydrogen (secondary N) is 1. The van der Waals surface area contributed by atoms with E-state index in [-0.39, 0.29) is 34.4 Å². The van der Waals surface area contributed by atoms with Gasteiger partial charge in [-0.2, -0.15) is 0 Å². The van der Waals surface area contributed by atoms with E-state index in [0.717, 1.165) is 19.3 Å². The van der Waals surface area contributed by atoms with Crippen LogP contribution in [0, 0.1) is 17.3 Å². The van der Waals surface area contributed by atoms with E-state index < -0.39 is 23.7 Å². The number of phenols is 1. The summed E-state index contributed by atoms with van der Waals surface area (Å²) in [7, 11) is 0. The zero-order valence-electron chi connectivity index (χ0n) is 18.3. The molecule has 2 aromatic carbocycles. The number of hydrogen-bond acceptors (Lipinski definition) is 5. The van der Waals surface area contributed by atoms with Crippen molar-refractivity contribution in [1.82, 2.24) is 5.32 Å². The summed E-state index contributed by atoms with van der Waals surface area (Å²) < 4.78 is 6.23. The fourth-order valence-corrected chi connectivity index (χ4v) is 6.84. The minimum atomic E-state index is -1.40. The van der Waals surface area contributed by atoms with Gasteiger partial charge in [0.25, 0.3) is 5.91 Å². The second kappa shape index (κ2) is 6.49. The Labute approximate surface area is 187 Å². The van der Waals surface area contributed by atoms with Crippen molar-refractivity contribution in [2.24, 2.45) is 17.3 Å². The molecule has 6 heteroatoms. The molecule has 0 radical (unpaired) electrons. The van der Waals surface area contributed by atoms with Gasteiger partial charge in [-0.25, -0.2) is 0 Å². The lowest BCUT2D eigenvalue weighted by atomic mass is 9.42. The van der Waals surface area contributed by atoms with E-state index in [4.69, 9.17) is 4.74 Å². The second-order valence-corrected chi connectivity index (χ2v) is 10.7. The van der Waals surface area contributed by atoms with Gasteiger partial charge in [0.1, 0.15) is 34.9 Å². The Morgan fingerprint density at radius 2 is 1.78 bits per heavy atom. The van der Waals surface area contributed by atoms with Crippen LogP contribution in [0.2, 0.25) is 0 Å². The molecule has 2 aromatic rings. The molecule has 4 N–H and O–H groups in total. The Hall–Kier alpha value is -2.57. The third kappa shape index (κ3) is 2.51. The highest BCUT2D eigenvalue weighted by molar-refractivity contribution is 6.00. The maximum Gasteiger partial charge on any atom is 0.259 e. The summed E-state index contributed by atoms with van der Waals surface area (Å²) in [6.45, 7) is 4.27. The van der Waals surface area contributed by atoms with Crippen molar-refractivity contribution in [1.29, 1.82) is 0 Å². The molecule has 0 unspecified atom stereocenters. The largest absolute Gasteiger partial charge is 0.507 e. The molecule has 168 valence electrons. The first-order valence-corrected chi connectivity index (χ1v) is 11.5. The Kier molecular flexibility index (Phi) is 4.07. The molecule has 1 heterocycles. The molecule has 3 fully saturated rings. The third-order valence-corrected chi connectivity index (χ3v) is 8.82. The first-order chi connectivity index (χ1) is 15.2. The van der Waals surface area contributed by atoms with Gasteiger partial charge in [-0.15, -0.1) is 0 Å². The number of aliphatic hydroxyl groups excluding tert-OH is 1. The molecule has 7 rings (SSSR count). The molecule has 6 nitrogen and oxygen atoms in total. The number of carbonyl (C=O) groups excluding carboxylic acids is 1. The van der Waals surface area contributed by atoms with E-state index in [0.29, 0.717) is 17.9 Å². The van der Waals surface area contributed by atoms with E-state index in [1.807, 2.05) is 12.1 Å². The highest BCUT2D eigenvalue weighted by Gasteiger charge is 2.69. The highest BCUT2D eigenvalue weighted by atomic mass is 16.5. The topological polar surface area (TPSA) is 99.0 Å². The number of benzene rings is 2. The number of phenolic OH excluding ortho intramolecular Hbond substituents is 1. The van der Waals surface area contributed by atoms with Gasteiger partial charge >= 0.3 is 0 Å². The molecule has 5 atom stereocenters. The fourth-order valence-electron chi connectivity index (χ4n) is 6.84. The first kappa shape index (κ1) is 20.1. The molecule has 3 saturated carbocycles. The number of fused-ring (bicyclic) bond motifs is 2. The normalized spacial score (nSPS) is 33.9. The minimum absolute atomic E-state index is 0.0399. The molecular weight excluding hydrogens is 406 g/mol. The zero-order valence-corrected chi connectivity index (χ0v) is 18.3. The fraction of sp³-hybridized carbons (Fsp3) is 0.500. The molecule has 0 spiro atoms. The van der Waals surface area contributed by atoms with Crippen LogP contribution in [0.15, 0.2) is 36.4 Å². The van der Waals surface area contributed by atoms with Crippen LogP contribution in [0.25, 0.3) is 0 Å². The summed E-state index contributed by atoms with van der Waals surface area (Å²) in [5.41, 5.74) is 1.38. The van der Waals surface area contributed by atoms with Crippen LogP contribution in [-0.2, 0) is 12.8 Å². The van der Waals surface area contributed by atoms with Crippen LogP contribution >= 0.6 is 0 Å². The number of carbonyl (C=O) groups is 1. The lowest BCUT2D eigenvalue weighted by molar-refractivity contribution is -0.289. The monoisotopic (exact) mass is 435 g/mol. The number of aromatic hydroxyl groups is 1. The highest BCUT2D eigenvalue weighted by Crippen LogP contribution is 2.67. The van der Waals surface area contributed by atoms with Crippen molar-refractivity contribution in [3.05, 3.63) is 58.7 Å². The van der Waals surface area contributed by atoms with Crippen molar-refractivity contribution in [3.63, 3.8) is 0 Å². The maximum atomic E-state index is 13.3. The number of hydrogen-bond donors (Lipinski definition) is 4. The molecule has 4 aliphatic carbocycles. The predicted octanol–water partition coefficient (Wildman–Crippen LogP) is 2.88. The smallest absolute Gasteiger partial charge is 0.259 e. The summed E-state index contributed by atoms with van der Waals surface area (Å²) >= 11 is 0. The first-order valence-electron chi connectivity index (χ1n) is 11.5. The summed E-state index contributed by atoms with van der Waals surface area (Å²) in [5, 5.41) is 36.6. The molecule has 1 aliphatic heterocycles. The van der Waals surface area contributed by atoms with Crippen LogP contribution in [-0.4, -0.2) is 39.0 Å². The van der Waals surface area contributed by atoms with Gasteiger partial charge in [-0.1, -0.05) is 38.1 Å². The average Bonchev–Trinajstić information content (AvgIpc) is 3.16. The Balaban J connectivity index is 1.33. The predicted molar refractivity (Wildman–Crippen MR) is 118 cm³/mol. The quantitative estimate of drug-likeness (QED) is 0.581. The van der Waals surface area contributed by atoms with Crippen molar-refractivity contribution in [2.45, 2.75) is 63.4 Å². The van der Waals surface area contributed by atoms with Crippen LogP contribution in [0.1, 0.15) is 59.8 Å². The minimum Gasteiger partial charge on any atom is -0.507 e. The van der Waals surface area contributed by atoms with Gasteiger partial charge in [0, 0.05) is 11.6 Å². The zero-order chi connectivity index (χ0) is 22.4. The van der Waals surface area contributed by atoms with E-state index >= 15 is 0 Å². The Morgan fingerprint density at radius 1 is 1.09 bits per heavy atom. The lowest BCUT2D eigenvalue weighted by Gasteiger charge is -2.67. The number of amides is 1. The average molecular weight is 436 g/mol. The maximum absolute atomic E-state index is 13.3. The SMILES string of the molecule is CC1(C)[C@@H]2C[C@H]1[C@@]1(O)[C@@H](C2)Oc2c(ccc(O)c2C(=O)NC2Cc3ccccc3C2)[C@@H]1O. The summed E-state index contributed by atoms with van der Waals surface area (Å²) in [4.78, 5) is 13.3. The standard InChI is InChI=1S/C26H29NO5/c1-25(2)15-11-19(25)26(31)20(12-15)32-22-17(23(26)29)7-8-18(28)21(22)24(30)27-16-9-13-5-3-4-6-14(13)10-16/h3-8,15-16,19-20,23,28-29,31H,9-12H2,1-2H3,(H,27,30)/t15-,19-,20-,23+,26-/m1/s1. The van der Waals surface area contributed by atoms with Crippen LogP contribution in [0.3, 0.4) is 0 Å². The van der Waals surface area contributed by atoms with E-state index in [1.54, 1.807) is 6.07 Å². The van der Waals surface area contributed by atoms with Gasteiger partial charge in [0.15, 0.2) is 0 Å². The van der Waals surface area contributed by atoms with Gasteiger partial charge in [-0.3, -0.25) is 4.79 Å². The van der Waals surface area contributed by atoms with Gasteiger partial charge in [0.2, 0.25) is 0 Å². The van der Waals surface area contributed by atoms with E-state index in [1.165, 1.54) is 17.2 Å². The molecule has 1 amide bonds. The van der Waals surface area contributed by atoms with Gasteiger partial charge in [0.05, 0.1) is 0 Å². The molecule has 2 bridgehead atoms. The van der Waals surface area contributed by atoms with Gasteiger partial charge < -0.3 is 25.4 Å². The lowest BCUT2D eigenvalue weighted by Crippen LogP contribution is -2.72. The number of aliphatic hydroxyl groups is 2. The number of rotatable bonds is 2. The molecule has 5 aliphatic rings. The number of ether oxygens (including phenoxy) is 1. The van der Waals surface area contributed by atoms with Crippen molar-refractivity contribution >= 4 is 5.91 Å². The van der Waals surface area contributed by atoms with E-state index in [2.05, 4.69) is 31.3 Å². The summed E-state index contributed by atoms with van der Waals surface area (Å²) in [6, 6.07) is 11.0. The van der Waals surface area contributed by atoms with Crippen molar-refractivity contribution < 1.29 is 24.9 Å². The van der Waals surface area contributed by atoms with Crippen molar-refractivity contribution in [2.75, 3.05) is 0 Å². The van der Waals surface area contributed by atoms with Crippen LogP contribution in [0.4, 0.5) is 0 Å². The third-order valence-electron chi connectivity index (χ3n) is 8.82. The summed E-state index contributed by atoms with van der Waals surface area (Å²) in [6.07, 6.45) is 1.17.